The highest BCUT2D eigenvalue weighted by atomic mass is 16.5. The number of aliphatic hydroxyl groups is 1. The molecule has 6 nitrogen and oxygen atoms in total. The van der Waals surface area contributed by atoms with E-state index in [1.165, 1.54) is 18.9 Å². The monoisotopic (exact) mass is 393 g/mol. The first-order valence-electron chi connectivity index (χ1n) is 9.35. The lowest BCUT2D eigenvalue weighted by Crippen LogP contribution is -2.35. The zero-order valence-corrected chi connectivity index (χ0v) is 16.4. The molecule has 2 atom stereocenters. The van der Waals surface area contributed by atoms with Crippen LogP contribution < -0.4 is 0 Å². The fourth-order valence-corrected chi connectivity index (χ4v) is 3.72. The van der Waals surface area contributed by atoms with Gasteiger partial charge >= 0.3 is 5.97 Å². The number of Topliss-reactive ketones (excluding diaryl/α,β-unsaturated/α-hetero) is 1. The van der Waals surface area contributed by atoms with Crippen molar-refractivity contribution in [3.63, 3.8) is 0 Å². The van der Waals surface area contributed by atoms with Crippen LogP contribution in [0.5, 0.6) is 0 Å². The van der Waals surface area contributed by atoms with Crippen LogP contribution in [0.1, 0.15) is 36.4 Å². The zero-order valence-electron chi connectivity index (χ0n) is 16.4. The van der Waals surface area contributed by atoms with Crippen LogP contribution in [-0.4, -0.2) is 41.3 Å². The summed E-state index contributed by atoms with van der Waals surface area (Å²) in [5, 5.41) is 10.4. The molecule has 0 saturated heterocycles. The average molecular weight is 393 g/mol. The third-order valence-corrected chi connectivity index (χ3v) is 5.13. The Balaban J connectivity index is 2.00. The van der Waals surface area contributed by atoms with Gasteiger partial charge in [0.2, 0.25) is 0 Å². The molecule has 0 saturated carbocycles. The molecule has 1 N–H and O–H groups in total. The molecule has 0 bridgehead atoms. The van der Waals surface area contributed by atoms with Crippen molar-refractivity contribution >= 4 is 17.7 Å². The van der Waals surface area contributed by atoms with E-state index in [0.717, 1.165) is 11.1 Å². The Labute approximate surface area is 169 Å². The van der Waals surface area contributed by atoms with Crippen LogP contribution in [0.25, 0.3) is 0 Å². The highest BCUT2D eigenvalue weighted by Crippen LogP contribution is 2.39. The Bertz CT molecular complexity index is 936. The molecule has 2 aromatic rings. The lowest BCUT2D eigenvalue weighted by atomic mass is 9.92. The summed E-state index contributed by atoms with van der Waals surface area (Å²) in [6.07, 6.45) is 0.0714. The van der Waals surface area contributed by atoms with Gasteiger partial charge in [-0.2, -0.15) is 0 Å². The van der Waals surface area contributed by atoms with Gasteiger partial charge in [-0.05, 0) is 18.1 Å². The number of nitrogens with zero attached hydrogens (tertiary/aromatic N) is 1. The van der Waals surface area contributed by atoms with Crippen LogP contribution in [-0.2, 0) is 19.1 Å². The lowest BCUT2D eigenvalue weighted by Gasteiger charge is -2.30. The highest BCUT2D eigenvalue weighted by molar-refractivity contribution is 6.08. The second-order valence-electron chi connectivity index (χ2n) is 6.98. The van der Waals surface area contributed by atoms with E-state index in [1.54, 1.807) is 0 Å². The molecule has 1 aliphatic heterocycles. The highest BCUT2D eigenvalue weighted by Gasteiger charge is 2.43. The topological polar surface area (TPSA) is 83.9 Å². The molecule has 0 radical (unpaired) electrons. The smallest absolute Gasteiger partial charge is 0.306 e. The maximum Gasteiger partial charge on any atom is 0.306 e. The fraction of sp³-hybridized carbons (Fsp3) is 0.261. The lowest BCUT2D eigenvalue weighted by molar-refractivity contribution is -0.141. The van der Waals surface area contributed by atoms with Crippen LogP contribution in [0, 0.1) is 0 Å². The molecule has 0 spiro atoms. The first-order chi connectivity index (χ1) is 13.9. The summed E-state index contributed by atoms with van der Waals surface area (Å²) in [5.41, 5.74) is 1.67. The Kier molecular flexibility index (Phi) is 6.12. The van der Waals surface area contributed by atoms with E-state index < -0.39 is 23.7 Å². The number of benzene rings is 2. The number of amides is 1. The zero-order chi connectivity index (χ0) is 21.0. The molecule has 2 unspecified atom stereocenters. The summed E-state index contributed by atoms with van der Waals surface area (Å²) >= 11 is 0. The first-order valence-corrected chi connectivity index (χ1v) is 9.35. The molecule has 150 valence electrons. The van der Waals surface area contributed by atoms with Crippen molar-refractivity contribution in [1.29, 1.82) is 0 Å². The second-order valence-corrected chi connectivity index (χ2v) is 6.98. The summed E-state index contributed by atoms with van der Waals surface area (Å²) in [4.78, 5) is 38.6. The molecule has 1 amide bonds. The number of hydrogen-bond donors (Lipinski definition) is 1. The number of carbonyl (C=O) groups excluding carboxylic acids is 3. The number of esters is 1. The van der Waals surface area contributed by atoms with E-state index in [4.69, 9.17) is 4.74 Å². The summed E-state index contributed by atoms with van der Waals surface area (Å²) < 4.78 is 4.83. The van der Waals surface area contributed by atoms with Crippen LogP contribution in [0.4, 0.5) is 0 Å². The number of carbonyl (C=O) groups is 3. The molecule has 0 fully saturated rings. The standard InChI is InChI=1S/C23H23NO5/c1-15(25)20-21(17-11-7-4-8-12-17)24(23(28)22(20)27)14-18(13-19(26)29-2)16-9-5-3-6-10-16/h3-12,18,21,27H,13-14H2,1-2H3. The van der Waals surface area contributed by atoms with Gasteiger partial charge in [0.25, 0.3) is 5.91 Å². The average Bonchev–Trinajstić information content (AvgIpc) is 2.99. The van der Waals surface area contributed by atoms with Crippen LogP contribution in [0.3, 0.4) is 0 Å². The Morgan fingerprint density at radius 3 is 2.21 bits per heavy atom. The number of aliphatic hydroxyl groups excluding tert-OH is 1. The second kappa shape index (κ2) is 8.73. The fourth-order valence-electron chi connectivity index (χ4n) is 3.72. The van der Waals surface area contributed by atoms with E-state index >= 15 is 0 Å². The third kappa shape index (κ3) is 4.21. The number of methoxy groups -OCH3 is 1. The van der Waals surface area contributed by atoms with E-state index in [9.17, 15) is 19.5 Å². The maximum absolute atomic E-state index is 12.9. The molecule has 1 aliphatic rings. The number of ether oxygens (including phenoxy) is 1. The van der Waals surface area contributed by atoms with Crippen molar-refractivity contribution in [1.82, 2.24) is 4.90 Å². The van der Waals surface area contributed by atoms with Gasteiger partial charge in [0.05, 0.1) is 25.1 Å². The van der Waals surface area contributed by atoms with Crippen molar-refractivity contribution in [3.05, 3.63) is 83.1 Å². The summed E-state index contributed by atoms with van der Waals surface area (Å²) in [5.74, 6) is -2.26. The first kappa shape index (κ1) is 20.3. The van der Waals surface area contributed by atoms with Crippen molar-refractivity contribution in [3.8, 4) is 0 Å². The van der Waals surface area contributed by atoms with Gasteiger partial charge in [-0.1, -0.05) is 60.7 Å². The van der Waals surface area contributed by atoms with E-state index in [1.807, 2.05) is 60.7 Å². The Hall–Kier alpha value is -3.41. The molecule has 3 rings (SSSR count). The Morgan fingerprint density at radius 1 is 1.07 bits per heavy atom. The predicted molar refractivity (Wildman–Crippen MR) is 107 cm³/mol. The molecule has 29 heavy (non-hydrogen) atoms. The summed E-state index contributed by atoms with van der Waals surface area (Å²) in [7, 11) is 1.32. The van der Waals surface area contributed by atoms with Gasteiger partial charge in [-0.15, -0.1) is 0 Å². The third-order valence-electron chi connectivity index (χ3n) is 5.13. The van der Waals surface area contributed by atoms with Crippen molar-refractivity contribution in [2.75, 3.05) is 13.7 Å². The SMILES string of the molecule is COC(=O)CC(CN1C(=O)C(O)=C(C(C)=O)C1c1ccccc1)c1ccccc1. The maximum atomic E-state index is 12.9. The molecule has 1 heterocycles. The molecular formula is C23H23NO5. The van der Waals surface area contributed by atoms with Crippen LogP contribution in [0.15, 0.2) is 72.0 Å². The van der Waals surface area contributed by atoms with Gasteiger partial charge in [0.15, 0.2) is 11.5 Å². The van der Waals surface area contributed by atoms with Gasteiger partial charge in [0, 0.05) is 12.5 Å². The molecular weight excluding hydrogens is 370 g/mol. The van der Waals surface area contributed by atoms with E-state index in [2.05, 4.69) is 0 Å². The quantitative estimate of drug-likeness (QED) is 0.730. The molecule has 0 aliphatic carbocycles. The normalized spacial score (nSPS) is 17.4. The van der Waals surface area contributed by atoms with E-state index in [-0.39, 0.29) is 30.2 Å². The van der Waals surface area contributed by atoms with Crippen molar-refractivity contribution in [2.24, 2.45) is 0 Å². The van der Waals surface area contributed by atoms with Gasteiger partial charge < -0.3 is 14.7 Å². The predicted octanol–water partition coefficient (Wildman–Crippen LogP) is 3.32. The van der Waals surface area contributed by atoms with Gasteiger partial charge in [0.1, 0.15) is 0 Å². The van der Waals surface area contributed by atoms with Crippen molar-refractivity contribution in [2.45, 2.75) is 25.3 Å². The summed E-state index contributed by atoms with van der Waals surface area (Å²) in [6.45, 7) is 1.49. The molecule has 6 heteroatoms. The van der Waals surface area contributed by atoms with E-state index in [0.29, 0.717) is 0 Å². The molecule has 2 aromatic carbocycles. The van der Waals surface area contributed by atoms with Gasteiger partial charge in [-0.25, -0.2) is 0 Å². The van der Waals surface area contributed by atoms with Crippen LogP contribution >= 0.6 is 0 Å². The minimum Gasteiger partial charge on any atom is -0.503 e. The van der Waals surface area contributed by atoms with Crippen LogP contribution in [0.2, 0.25) is 0 Å². The minimum absolute atomic E-state index is 0.0714. The largest absolute Gasteiger partial charge is 0.503 e. The number of ketones is 1. The number of hydrogen-bond acceptors (Lipinski definition) is 5. The Morgan fingerprint density at radius 2 is 1.66 bits per heavy atom. The minimum atomic E-state index is -0.704. The van der Waals surface area contributed by atoms with Crippen molar-refractivity contribution < 1.29 is 24.2 Å². The molecule has 0 aromatic heterocycles. The van der Waals surface area contributed by atoms with Gasteiger partial charge in [-0.3, -0.25) is 14.4 Å². The number of rotatable bonds is 7. The summed E-state index contributed by atoms with van der Waals surface area (Å²) in [6, 6.07) is 17.7.